The van der Waals surface area contributed by atoms with E-state index in [4.69, 9.17) is 4.74 Å². The molecular weight excluding hydrogens is 366 g/mol. The average molecular weight is 391 g/mol. The number of rotatable bonds is 6. The molecule has 150 valence electrons. The molecule has 2 aliphatic heterocycles. The van der Waals surface area contributed by atoms with Crippen LogP contribution in [0.2, 0.25) is 0 Å². The second kappa shape index (κ2) is 8.07. The summed E-state index contributed by atoms with van der Waals surface area (Å²) in [7, 11) is 1.63. The van der Waals surface area contributed by atoms with E-state index in [0.717, 1.165) is 41.2 Å². The second-order valence-corrected chi connectivity index (χ2v) is 7.59. The third-order valence-electron chi connectivity index (χ3n) is 5.48. The fourth-order valence-electron chi connectivity index (χ4n) is 3.95. The van der Waals surface area contributed by atoms with Crippen molar-refractivity contribution in [3.8, 4) is 5.75 Å². The minimum Gasteiger partial charge on any atom is -0.496 e. The molecular formula is C23H25N3O3. The van der Waals surface area contributed by atoms with Gasteiger partial charge in [-0.1, -0.05) is 35.9 Å². The molecule has 0 radical (unpaired) electrons. The summed E-state index contributed by atoms with van der Waals surface area (Å²) in [6, 6.07) is 13.3. The van der Waals surface area contributed by atoms with Gasteiger partial charge in [0.1, 0.15) is 11.5 Å². The molecule has 0 aromatic heterocycles. The van der Waals surface area contributed by atoms with E-state index in [2.05, 4.69) is 16.0 Å². The average Bonchev–Trinajstić information content (AvgIpc) is 3.33. The van der Waals surface area contributed by atoms with Crippen LogP contribution >= 0.6 is 0 Å². The van der Waals surface area contributed by atoms with Gasteiger partial charge in [-0.25, -0.2) is 4.79 Å². The van der Waals surface area contributed by atoms with Crippen molar-refractivity contribution in [1.29, 1.82) is 0 Å². The molecule has 1 saturated heterocycles. The number of aryl methyl sites for hydroxylation is 1. The van der Waals surface area contributed by atoms with Gasteiger partial charge in [0.2, 0.25) is 0 Å². The lowest BCUT2D eigenvalue weighted by Gasteiger charge is -2.19. The predicted octanol–water partition coefficient (Wildman–Crippen LogP) is 3.75. The Balaban J connectivity index is 1.50. The highest BCUT2D eigenvalue weighted by Crippen LogP contribution is 2.29. The van der Waals surface area contributed by atoms with Crippen molar-refractivity contribution in [2.75, 3.05) is 25.1 Å². The smallest absolute Gasteiger partial charge is 0.351 e. The Hall–Kier alpha value is -3.15. The van der Waals surface area contributed by atoms with Crippen LogP contribution in [0.3, 0.4) is 0 Å². The molecule has 6 nitrogen and oxygen atoms in total. The van der Waals surface area contributed by atoms with Crippen molar-refractivity contribution < 1.29 is 14.3 Å². The molecule has 4 rings (SSSR count). The number of benzene rings is 2. The Morgan fingerprint density at radius 1 is 1.07 bits per heavy atom. The van der Waals surface area contributed by atoms with Crippen molar-refractivity contribution in [3.05, 3.63) is 59.2 Å². The highest BCUT2D eigenvalue weighted by Gasteiger charge is 2.33. The summed E-state index contributed by atoms with van der Waals surface area (Å²) >= 11 is 0. The SMILES string of the molecule is COc1cc(N2CCCC2)ccc1CC1=NC(=O)N(Cc2cccc(C)c2)C1=O. The number of ether oxygens (including phenoxy) is 1. The maximum atomic E-state index is 12.8. The van der Waals surface area contributed by atoms with Crippen molar-refractivity contribution in [3.63, 3.8) is 0 Å². The zero-order chi connectivity index (χ0) is 20.4. The molecule has 6 heteroatoms. The first-order valence-electron chi connectivity index (χ1n) is 9.96. The van der Waals surface area contributed by atoms with Crippen LogP contribution in [0, 0.1) is 6.92 Å². The molecule has 1 fully saturated rings. The normalized spacial score (nSPS) is 16.6. The van der Waals surface area contributed by atoms with E-state index < -0.39 is 6.03 Å². The maximum absolute atomic E-state index is 12.8. The lowest BCUT2D eigenvalue weighted by atomic mass is 10.1. The van der Waals surface area contributed by atoms with E-state index in [1.165, 1.54) is 17.7 Å². The molecule has 3 amide bonds. The quantitative estimate of drug-likeness (QED) is 0.752. The van der Waals surface area contributed by atoms with Crippen LogP contribution in [0.5, 0.6) is 5.75 Å². The molecule has 2 heterocycles. The van der Waals surface area contributed by atoms with E-state index in [-0.39, 0.29) is 24.6 Å². The number of anilines is 1. The molecule has 0 atom stereocenters. The molecule has 0 saturated carbocycles. The van der Waals surface area contributed by atoms with Gasteiger partial charge in [-0.2, -0.15) is 4.99 Å². The fraction of sp³-hybridized carbons (Fsp3) is 0.348. The van der Waals surface area contributed by atoms with Gasteiger partial charge in [-0.15, -0.1) is 0 Å². The van der Waals surface area contributed by atoms with E-state index in [9.17, 15) is 9.59 Å². The minimum absolute atomic E-state index is 0.234. The monoisotopic (exact) mass is 391 g/mol. The van der Waals surface area contributed by atoms with Gasteiger partial charge in [0.05, 0.1) is 13.7 Å². The summed E-state index contributed by atoms with van der Waals surface area (Å²) in [5.74, 6) is 0.386. The first kappa shape index (κ1) is 19.2. The molecule has 0 bridgehead atoms. The topological polar surface area (TPSA) is 62.2 Å². The number of nitrogens with zero attached hydrogens (tertiary/aromatic N) is 3. The molecule has 2 aromatic carbocycles. The molecule has 0 unspecified atom stereocenters. The molecule has 29 heavy (non-hydrogen) atoms. The van der Waals surface area contributed by atoms with Crippen molar-refractivity contribution in [2.45, 2.75) is 32.7 Å². The number of urea groups is 1. The van der Waals surface area contributed by atoms with Crippen LogP contribution < -0.4 is 9.64 Å². The summed E-state index contributed by atoms with van der Waals surface area (Å²) in [4.78, 5) is 32.7. The lowest BCUT2D eigenvalue weighted by molar-refractivity contribution is -0.121. The lowest BCUT2D eigenvalue weighted by Crippen LogP contribution is -2.32. The van der Waals surface area contributed by atoms with Crippen LogP contribution in [-0.2, 0) is 17.8 Å². The standard InChI is InChI=1S/C23H25N3O3/c1-16-6-5-7-17(12-16)15-26-22(27)20(24-23(26)28)13-18-8-9-19(14-21(18)29-2)25-10-3-4-11-25/h5-9,12,14H,3-4,10-11,13,15H2,1-2H3. The largest absolute Gasteiger partial charge is 0.496 e. The summed E-state index contributed by atoms with van der Waals surface area (Å²) in [6.07, 6.45) is 2.68. The Labute approximate surface area is 170 Å². The summed E-state index contributed by atoms with van der Waals surface area (Å²) in [6.45, 7) is 4.32. The van der Waals surface area contributed by atoms with Gasteiger partial charge in [0, 0.05) is 36.8 Å². The zero-order valence-corrected chi connectivity index (χ0v) is 16.9. The third-order valence-corrected chi connectivity index (χ3v) is 5.48. The van der Waals surface area contributed by atoms with E-state index in [1.807, 2.05) is 43.3 Å². The van der Waals surface area contributed by atoms with Crippen LogP contribution in [0.15, 0.2) is 47.5 Å². The third kappa shape index (κ3) is 4.01. The molecule has 0 N–H and O–H groups in total. The number of amides is 3. The maximum Gasteiger partial charge on any atom is 0.351 e. The van der Waals surface area contributed by atoms with Crippen molar-refractivity contribution in [2.24, 2.45) is 4.99 Å². The predicted molar refractivity (Wildman–Crippen MR) is 113 cm³/mol. The molecule has 2 aliphatic rings. The van der Waals surface area contributed by atoms with Crippen LogP contribution in [-0.4, -0.2) is 42.7 Å². The Morgan fingerprint density at radius 2 is 1.86 bits per heavy atom. The number of carbonyl (C=O) groups is 2. The van der Waals surface area contributed by atoms with Gasteiger partial charge < -0.3 is 9.64 Å². The second-order valence-electron chi connectivity index (χ2n) is 7.59. The van der Waals surface area contributed by atoms with Gasteiger partial charge >= 0.3 is 6.03 Å². The zero-order valence-electron chi connectivity index (χ0n) is 16.9. The highest BCUT2D eigenvalue weighted by molar-refractivity contribution is 6.46. The van der Waals surface area contributed by atoms with Gasteiger partial charge in [0.25, 0.3) is 5.91 Å². The number of methoxy groups -OCH3 is 1. The Kier molecular flexibility index (Phi) is 5.34. The molecule has 2 aromatic rings. The number of carbonyl (C=O) groups excluding carboxylic acids is 2. The van der Waals surface area contributed by atoms with Gasteiger partial charge in [-0.05, 0) is 31.4 Å². The van der Waals surface area contributed by atoms with Crippen LogP contribution in [0.4, 0.5) is 10.5 Å². The van der Waals surface area contributed by atoms with Crippen LogP contribution in [0.25, 0.3) is 0 Å². The number of hydrogen-bond donors (Lipinski definition) is 0. The van der Waals surface area contributed by atoms with Crippen molar-refractivity contribution in [1.82, 2.24) is 4.90 Å². The van der Waals surface area contributed by atoms with Crippen molar-refractivity contribution >= 4 is 23.3 Å². The minimum atomic E-state index is -0.501. The first-order valence-corrected chi connectivity index (χ1v) is 9.96. The number of aliphatic imine (C=N–C) groups is 1. The molecule has 0 spiro atoms. The Bertz CT molecular complexity index is 977. The van der Waals surface area contributed by atoms with Gasteiger partial charge in [0.15, 0.2) is 0 Å². The molecule has 0 aliphatic carbocycles. The fourth-order valence-corrected chi connectivity index (χ4v) is 3.95. The van der Waals surface area contributed by atoms with Crippen LogP contribution in [0.1, 0.15) is 29.5 Å². The highest BCUT2D eigenvalue weighted by atomic mass is 16.5. The Morgan fingerprint density at radius 3 is 2.59 bits per heavy atom. The summed E-state index contributed by atoms with van der Waals surface area (Å²) in [5, 5.41) is 0. The van der Waals surface area contributed by atoms with E-state index in [1.54, 1.807) is 7.11 Å². The van der Waals surface area contributed by atoms with Gasteiger partial charge in [-0.3, -0.25) is 9.69 Å². The summed E-state index contributed by atoms with van der Waals surface area (Å²) in [5.41, 5.74) is 4.24. The van der Waals surface area contributed by atoms with E-state index in [0.29, 0.717) is 0 Å². The number of hydrogen-bond acceptors (Lipinski definition) is 4. The first-order chi connectivity index (χ1) is 14.0. The number of imide groups is 1. The van der Waals surface area contributed by atoms with E-state index >= 15 is 0 Å². The summed E-state index contributed by atoms with van der Waals surface area (Å²) < 4.78 is 5.56.